The van der Waals surface area contributed by atoms with Gasteiger partial charge in [0.15, 0.2) is 0 Å². The molecule has 2 heteroatoms. The summed E-state index contributed by atoms with van der Waals surface area (Å²) in [7, 11) is 0.594. The molecule has 0 fully saturated rings. The highest BCUT2D eigenvalue weighted by atomic mass is 32.1. The number of hydrogen-bond acceptors (Lipinski definition) is 0. The van der Waals surface area contributed by atoms with Crippen LogP contribution in [0.2, 0.25) is 0 Å². The Labute approximate surface area is 119 Å². The van der Waals surface area contributed by atoms with Crippen LogP contribution in [0.5, 0.6) is 0 Å². The topological polar surface area (TPSA) is 0 Å². The van der Waals surface area contributed by atoms with E-state index in [9.17, 15) is 0 Å². The van der Waals surface area contributed by atoms with Crippen LogP contribution in [-0.4, -0.2) is 24.6 Å². The minimum Gasteiger partial charge on any atom is -0.0804 e. The van der Waals surface area contributed by atoms with Crippen LogP contribution in [0.25, 0.3) is 0 Å². The van der Waals surface area contributed by atoms with Crippen LogP contribution in [0.1, 0.15) is 55.4 Å². The maximum atomic E-state index is 2.41. The Balaban J connectivity index is 4.69. The predicted molar refractivity (Wildman–Crippen MR) is 92.7 cm³/mol. The Morgan fingerprint density at radius 1 is 0.444 bits per heavy atom. The second-order valence-corrected chi connectivity index (χ2v) is 14.2. The molecule has 0 spiro atoms. The van der Waals surface area contributed by atoms with Crippen LogP contribution in [0, 0.1) is 23.7 Å². The van der Waals surface area contributed by atoms with Gasteiger partial charge in [0.2, 0.25) is 0 Å². The van der Waals surface area contributed by atoms with Gasteiger partial charge in [-0.15, -0.1) is 0 Å². The van der Waals surface area contributed by atoms with Crippen LogP contribution in [0.3, 0.4) is 0 Å². The molecule has 0 radical (unpaired) electrons. The van der Waals surface area contributed by atoms with Gasteiger partial charge in [0.25, 0.3) is 0 Å². The first-order valence-corrected chi connectivity index (χ1v) is 11.8. The van der Waals surface area contributed by atoms with Crippen molar-refractivity contribution in [1.82, 2.24) is 0 Å². The van der Waals surface area contributed by atoms with Gasteiger partial charge in [-0.1, -0.05) is 70.6 Å². The van der Waals surface area contributed by atoms with Crippen LogP contribution in [0.4, 0.5) is 0 Å². The summed E-state index contributed by atoms with van der Waals surface area (Å²) in [6.45, 7) is 19.3. The van der Waals surface area contributed by atoms with Crippen LogP contribution in [0.15, 0.2) is 0 Å². The lowest BCUT2D eigenvalue weighted by Gasteiger charge is -2.33. The van der Waals surface area contributed by atoms with Gasteiger partial charge in [-0.25, -0.2) is 0 Å². The standard InChI is InChI=1S/C16H36P2/c1-13(2)9-17(10-14(3)4)18(11-15(5)6)12-16(7)8/h13-16H,9-12H2,1-8H3. The maximum absolute atomic E-state index is 2.41. The van der Waals surface area contributed by atoms with E-state index in [4.69, 9.17) is 0 Å². The summed E-state index contributed by atoms with van der Waals surface area (Å²) in [6.07, 6.45) is 6.05. The largest absolute Gasteiger partial charge is 0.0804 e. The molecule has 0 amide bonds. The molecule has 0 aromatic carbocycles. The van der Waals surface area contributed by atoms with Crippen LogP contribution in [-0.2, 0) is 0 Å². The molecule has 0 nitrogen and oxygen atoms in total. The fourth-order valence-corrected chi connectivity index (χ4v) is 13.6. The molecule has 0 N–H and O–H groups in total. The first kappa shape index (κ1) is 18.9. The molecule has 18 heavy (non-hydrogen) atoms. The zero-order chi connectivity index (χ0) is 14.3. The van der Waals surface area contributed by atoms with E-state index >= 15 is 0 Å². The first-order valence-electron chi connectivity index (χ1n) is 7.72. The highest BCUT2D eigenvalue weighted by Crippen LogP contribution is 2.71. The van der Waals surface area contributed by atoms with Gasteiger partial charge < -0.3 is 0 Å². The Kier molecular flexibility index (Phi) is 10.2. The van der Waals surface area contributed by atoms with Gasteiger partial charge in [0.05, 0.1) is 0 Å². The zero-order valence-electron chi connectivity index (χ0n) is 14.0. The molecule has 110 valence electrons. The van der Waals surface area contributed by atoms with Crippen LogP contribution >= 0.6 is 15.2 Å². The molecule has 0 aliphatic heterocycles. The van der Waals surface area contributed by atoms with E-state index in [2.05, 4.69) is 55.4 Å². The summed E-state index contributed by atoms with van der Waals surface area (Å²) in [5.74, 6) is 3.55. The van der Waals surface area contributed by atoms with Crippen molar-refractivity contribution in [3.8, 4) is 0 Å². The van der Waals surface area contributed by atoms with E-state index in [0.717, 1.165) is 23.7 Å². The van der Waals surface area contributed by atoms with Crippen molar-refractivity contribution in [2.75, 3.05) is 24.6 Å². The van der Waals surface area contributed by atoms with Crippen molar-refractivity contribution in [3.05, 3.63) is 0 Å². The Morgan fingerprint density at radius 3 is 0.722 bits per heavy atom. The Morgan fingerprint density at radius 2 is 0.611 bits per heavy atom. The lowest BCUT2D eigenvalue weighted by Crippen LogP contribution is -2.08. The van der Waals surface area contributed by atoms with E-state index in [1.54, 1.807) is 0 Å². The SMILES string of the molecule is CC(C)CP(CC(C)C)P(CC(C)C)CC(C)C. The molecular weight excluding hydrogens is 254 g/mol. The van der Waals surface area contributed by atoms with E-state index < -0.39 is 0 Å². The van der Waals surface area contributed by atoms with E-state index in [1.807, 2.05) is 0 Å². The van der Waals surface area contributed by atoms with Gasteiger partial charge in [0.1, 0.15) is 0 Å². The van der Waals surface area contributed by atoms with E-state index in [0.29, 0.717) is 15.2 Å². The molecule has 0 aliphatic carbocycles. The van der Waals surface area contributed by atoms with Gasteiger partial charge >= 0.3 is 0 Å². The third kappa shape index (κ3) is 9.75. The van der Waals surface area contributed by atoms with Crippen molar-refractivity contribution in [2.24, 2.45) is 23.7 Å². The third-order valence-corrected chi connectivity index (χ3v) is 12.5. The van der Waals surface area contributed by atoms with Crippen molar-refractivity contribution in [2.45, 2.75) is 55.4 Å². The zero-order valence-corrected chi connectivity index (χ0v) is 15.8. The average molecular weight is 290 g/mol. The molecule has 0 bridgehead atoms. The summed E-state index contributed by atoms with van der Waals surface area (Å²) in [5, 5.41) is 0. The molecule has 0 saturated heterocycles. The molecule has 0 heterocycles. The monoisotopic (exact) mass is 290 g/mol. The number of rotatable bonds is 9. The molecule has 0 unspecified atom stereocenters. The average Bonchev–Trinajstić information content (AvgIpc) is 2.12. The lowest BCUT2D eigenvalue weighted by molar-refractivity contribution is 0.713. The molecule has 0 aromatic heterocycles. The Hall–Kier alpha value is 0.860. The van der Waals surface area contributed by atoms with Gasteiger partial charge in [-0.05, 0) is 48.3 Å². The second-order valence-electron chi connectivity index (χ2n) is 7.32. The highest BCUT2D eigenvalue weighted by molar-refractivity contribution is 8.29. The maximum Gasteiger partial charge on any atom is -0.0264 e. The fraction of sp³-hybridized carbons (Fsp3) is 1.00. The molecule has 0 saturated carbocycles. The second kappa shape index (κ2) is 9.72. The molecule has 0 rings (SSSR count). The van der Waals surface area contributed by atoms with Crippen molar-refractivity contribution in [1.29, 1.82) is 0 Å². The normalized spacial score (nSPS) is 13.0. The smallest absolute Gasteiger partial charge is 0.0264 e. The molecule has 0 aromatic rings. The van der Waals surface area contributed by atoms with Crippen molar-refractivity contribution < 1.29 is 0 Å². The molecule has 0 aliphatic rings. The predicted octanol–water partition coefficient (Wildman–Crippen LogP) is 6.49. The molecule has 0 atom stereocenters. The minimum atomic E-state index is 0.297. The molecular formula is C16H36P2. The van der Waals surface area contributed by atoms with Crippen LogP contribution < -0.4 is 0 Å². The van der Waals surface area contributed by atoms with Gasteiger partial charge in [-0.2, -0.15) is 0 Å². The summed E-state index contributed by atoms with van der Waals surface area (Å²) in [6, 6.07) is 0. The van der Waals surface area contributed by atoms with E-state index in [1.165, 1.54) is 24.6 Å². The minimum absolute atomic E-state index is 0.297. The fourth-order valence-electron chi connectivity index (χ4n) is 2.30. The Bertz CT molecular complexity index is 155. The lowest BCUT2D eigenvalue weighted by atomic mass is 10.3. The summed E-state index contributed by atoms with van der Waals surface area (Å²) in [4.78, 5) is 0. The van der Waals surface area contributed by atoms with Crippen molar-refractivity contribution >= 4 is 15.2 Å². The quantitative estimate of drug-likeness (QED) is 0.426. The van der Waals surface area contributed by atoms with Crippen molar-refractivity contribution in [3.63, 3.8) is 0 Å². The number of hydrogen-bond donors (Lipinski definition) is 0. The highest BCUT2D eigenvalue weighted by Gasteiger charge is 2.23. The van der Waals surface area contributed by atoms with Gasteiger partial charge in [-0.3, -0.25) is 0 Å². The van der Waals surface area contributed by atoms with Gasteiger partial charge in [0, 0.05) is 0 Å². The van der Waals surface area contributed by atoms with E-state index in [-0.39, 0.29) is 0 Å². The third-order valence-electron chi connectivity index (χ3n) is 2.70. The first-order chi connectivity index (χ1) is 8.22. The summed E-state index contributed by atoms with van der Waals surface area (Å²) in [5.41, 5.74) is 0. The summed E-state index contributed by atoms with van der Waals surface area (Å²) < 4.78 is 0. The summed E-state index contributed by atoms with van der Waals surface area (Å²) >= 11 is 0.